The molecule has 2 atom stereocenters. The molecular formula is C20H22F2N4O3S. The Morgan fingerprint density at radius 3 is 2.80 bits per heavy atom. The molecular weight excluding hydrogens is 414 g/mol. The van der Waals surface area contributed by atoms with E-state index in [9.17, 15) is 17.2 Å². The molecule has 2 aliphatic heterocycles. The van der Waals surface area contributed by atoms with Crippen molar-refractivity contribution in [2.75, 3.05) is 19.3 Å². The van der Waals surface area contributed by atoms with E-state index in [1.54, 1.807) is 6.07 Å². The molecule has 3 heterocycles. The fourth-order valence-corrected chi connectivity index (χ4v) is 4.68. The summed E-state index contributed by atoms with van der Waals surface area (Å²) in [5.41, 5.74) is 2.22. The van der Waals surface area contributed by atoms with Crippen LogP contribution in [0.25, 0.3) is 11.3 Å². The first kappa shape index (κ1) is 20.7. The van der Waals surface area contributed by atoms with Crippen LogP contribution >= 0.6 is 0 Å². The van der Waals surface area contributed by atoms with Gasteiger partial charge in [-0.15, -0.1) is 0 Å². The molecule has 1 aromatic heterocycles. The minimum Gasteiger partial charge on any atom is -0.386 e. The lowest BCUT2D eigenvalue weighted by Gasteiger charge is -2.18. The average molecular weight is 436 g/mol. The van der Waals surface area contributed by atoms with Gasteiger partial charge in [0.05, 0.1) is 18.9 Å². The second-order valence-corrected chi connectivity index (χ2v) is 9.48. The van der Waals surface area contributed by atoms with Gasteiger partial charge in [0, 0.05) is 36.3 Å². The van der Waals surface area contributed by atoms with Gasteiger partial charge in [-0.1, -0.05) is 22.9 Å². The highest BCUT2D eigenvalue weighted by molar-refractivity contribution is 7.88. The Kier molecular flexibility index (Phi) is 5.46. The zero-order valence-corrected chi connectivity index (χ0v) is 17.4. The molecule has 0 bridgehead atoms. The van der Waals surface area contributed by atoms with Crippen molar-refractivity contribution in [1.82, 2.24) is 14.6 Å². The first-order chi connectivity index (χ1) is 14.2. The fraction of sp³-hybridized carbons (Fsp3) is 0.400. The smallest absolute Gasteiger partial charge is 0.209 e. The van der Waals surface area contributed by atoms with E-state index in [-0.39, 0.29) is 11.7 Å². The number of sulfonamides is 1. The minimum atomic E-state index is -3.27. The van der Waals surface area contributed by atoms with Gasteiger partial charge in [0.2, 0.25) is 10.0 Å². The van der Waals surface area contributed by atoms with Crippen molar-refractivity contribution >= 4 is 15.9 Å². The number of oxime groups is 1. The first-order valence-electron chi connectivity index (χ1n) is 9.56. The summed E-state index contributed by atoms with van der Waals surface area (Å²) in [7, 11) is -3.27. The highest BCUT2D eigenvalue weighted by Crippen LogP contribution is 2.36. The third-order valence-electron chi connectivity index (χ3n) is 5.21. The summed E-state index contributed by atoms with van der Waals surface area (Å²) in [5.74, 6) is -0.758. The molecule has 1 saturated heterocycles. The summed E-state index contributed by atoms with van der Waals surface area (Å²) in [5, 5.41) is 4.19. The van der Waals surface area contributed by atoms with Crippen LogP contribution in [0.15, 0.2) is 35.6 Å². The highest BCUT2D eigenvalue weighted by Gasteiger charge is 2.33. The lowest BCUT2D eigenvalue weighted by atomic mass is 9.95. The zero-order valence-electron chi connectivity index (χ0n) is 16.6. The number of hydrogen-bond donors (Lipinski definition) is 1. The van der Waals surface area contributed by atoms with E-state index < -0.39 is 27.8 Å². The minimum absolute atomic E-state index is 0.0609. The van der Waals surface area contributed by atoms with Crippen LogP contribution in [0.3, 0.4) is 0 Å². The van der Waals surface area contributed by atoms with E-state index in [2.05, 4.69) is 14.9 Å². The van der Waals surface area contributed by atoms with Crippen molar-refractivity contribution in [3.05, 3.63) is 53.2 Å². The van der Waals surface area contributed by atoms with Crippen molar-refractivity contribution < 1.29 is 22.0 Å². The maximum Gasteiger partial charge on any atom is 0.209 e. The molecule has 1 aromatic carbocycles. The van der Waals surface area contributed by atoms with Crippen LogP contribution in [0.4, 0.5) is 8.78 Å². The lowest BCUT2D eigenvalue weighted by Crippen LogP contribution is -2.37. The molecule has 2 aromatic rings. The summed E-state index contributed by atoms with van der Waals surface area (Å²) in [6.07, 6.45) is 2.83. The SMILES string of the molecule is Cc1ccc(C2CC(N3CC[C@H](NS(C)(=O)=O)C3)=NO2)c(-c2ncc(F)cc2F)c1. The number of amidine groups is 1. The molecule has 7 nitrogen and oxygen atoms in total. The number of aromatic nitrogens is 1. The van der Waals surface area contributed by atoms with Gasteiger partial charge in [0.15, 0.2) is 11.9 Å². The number of rotatable bonds is 4. The monoisotopic (exact) mass is 436 g/mol. The van der Waals surface area contributed by atoms with Crippen LogP contribution in [-0.4, -0.2) is 49.5 Å². The van der Waals surface area contributed by atoms with Crippen molar-refractivity contribution in [3.8, 4) is 11.3 Å². The normalized spacial score (nSPS) is 21.6. The molecule has 0 saturated carbocycles. The third-order valence-corrected chi connectivity index (χ3v) is 5.97. The average Bonchev–Trinajstić information content (AvgIpc) is 3.30. The van der Waals surface area contributed by atoms with Crippen LogP contribution in [0.5, 0.6) is 0 Å². The molecule has 1 unspecified atom stereocenters. The molecule has 10 heteroatoms. The first-order valence-corrected chi connectivity index (χ1v) is 11.5. The van der Waals surface area contributed by atoms with Gasteiger partial charge in [0.25, 0.3) is 0 Å². The zero-order chi connectivity index (χ0) is 21.5. The number of likely N-dealkylation sites (tertiary alicyclic amines) is 1. The van der Waals surface area contributed by atoms with Gasteiger partial charge in [-0.2, -0.15) is 0 Å². The second-order valence-electron chi connectivity index (χ2n) is 7.70. The summed E-state index contributed by atoms with van der Waals surface area (Å²) in [4.78, 5) is 11.6. The van der Waals surface area contributed by atoms with Gasteiger partial charge in [-0.3, -0.25) is 4.98 Å². The van der Waals surface area contributed by atoms with E-state index in [1.165, 1.54) is 0 Å². The maximum absolute atomic E-state index is 14.4. The van der Waals surface area contributed by atoms with Crippen molar-refractivity contribution in [3.63, 3.8) is 0 Å². The Balaban J connectivity index is 1.53. The standard InChI is InChI=1S/C20H22F2N4O3S/c1-12-3-4-15(16(7-12)20-17(22)8-13(21)10-23-20)18-9-19(24-29-18)26-6-5-14(11-26)25-30(2,27)28/h3-4,7-8,10,14,18,25H,5-6,9,11H2,1-2H3/t14-,18?/m0/s1. The quantitative estimate of drug-likeness (QED) is 0.797. The van der Waals surface area contributed by atoms with Gasteiger partial charge in [-0.05, 0) is 19.4 Å². The second kappa shape index (κ2) is 7.92. The summed E-state index contributed by atoms with van der Waals surface area (Å²) >= 11 is 0. The number of pyridine rings is 1. The van der Waals surface area contributed by atoms with Gasteiger partial charge < -0.3 is 9.74 Å². The van der Waals surface area contributed by atoms with E-state index in [0.717, 1.165) is 29.9 Å². The molecule has 0 spiro atoms. The fourth-order valence-electron chi connectivity index (χ4n) is 3.88. The molecule has 1 N–H and O–H groups in total. The number of nitrogens with one attached hydrogen (secondary N) is 1. The summed E-state index contributed by atoms with van der Waals surface area (Å²) in [6, 6.07) is 6.17. The van der Waals surface area contributed by atoms with Gasteiger partial charge >= 0.3 is 0 Å². The van der Waals surface area contributed by atoms with Crippen LogP contribution < -0.4 is 4.72 Å². The predicted molar refractivity (Wildman–Crippen MR) is 108 cm³/mol. The third kappa shape index (κ3) is 4.44. The maximum atomic E-state index is 14.4. The Morgan fingerprint density at radius 1 is 1.27 bits per heavy atom. The van der Waals surface area contributed by atoms with Crippen LogP contribution in [0.1, 0.15) is 30.1 Å². The molecule has 0 aliphatic carbocycles. The Bertz CT molecular complexity index is 1110. The topological polar surface area (TPSA) is 83.9 Å². The number of nitrogens with zero attached hydrogens (tertiary/aromatic N) is 3. The largest absolute Gasteiger partial charge is 0.386 e. The highest BCUT2D eigenvalue weighted by atomic mass is 32.2. The molecule has 2 aliphatic rings. The van der Waals surface area contributed by atoms with Crippen molar-refractivity contribution in [2.24, 2.45) is 5.16 Å². The summed E-state index contributed by atoms with van der Waals surface area (Å²) < 4.78 is 53.2. The Morgan fingerprint density at radius 2 is 2.07 bits per heavy atom. The Hall–Kier alpha value is -2.59. The number of halogens is 2. The van der Waals surface area contributed by atoms with E-state index in [0.29, 0.717) is 37.1 Å². The van der Waals surface area contributed by atoms with Crippen molar-refractivity contribution in [1.29, 1.82) is 0 Å². The molecule has 1 fully saturated rings. The molecule has 160 valence electrons. The van der Waals surface area contributed by atoms with Gasteiger partial charge in [0.1, 0.15) is 17.3 Å². The number of hydrogen-bond acceptors (Lipinski definition) is 6. The van der Waals surface area contributed by atoms with Crippen LogP contribution in [0, 0.1) is 18.6 Å². The van der Waals surface area contributed by atoms with E-state index in [1.807, 2.05) is 24.0 Å². The lowest BCUT2D eigenvalue weighted by molar-refractivity contribution is 0.0859. The molecule has 0 amide bonds. The van der Waals surface area contributed by atoms with Gasteiger partial charge in [-0.25, -0.2) is 21.9 Å². The van der Waals surface area contributed by atoms with E-state index in [4.69, 9.17) is 4.84 Å². The molecule has 0 radical (unpaired) electrons. The van der Waals surface area contributed by atoms with Crippen LogP contribution in [0.2, 0.25) is 0 Å². The van der Waals surface area contributed by atoms with Crippen LogP contribution in [-0.2, 0) is 14.9 Å². The molecule has 4 rings (SSSR count). The van der Waals surface area contributed by atoms with Crippen molar-refractivity contribution in [2.45, 2.75) is 31.9 Å². The summed E-state index contributed by atoms with van der Waals surface area (Å²) in [6.45, 7) is 3.05. The number of benzene rings is 1. The predicted octanol–water partition coefficient (Wildman–Crippen LogP) is 2.73. The van der Waals surface area contributed by atoms with E-state index >= 15 is 0 Å². The Labute approximate surface area is 173 Å². The molecule has 30 heavy (non-hydrogen) atoms. The number of aryl methyl sites for hydroxylation is 1.